The van der Waals surface area contributed by atoms with E-state index in [0.29, 0.717) is 12.1 Å². The Kier molecular flexibility index (Phi) is 6.65. The average Bonchev–Trinajstić information content (AvgIpc) is 2.61. The van der Waals surface area contributed by atoms with Crippen LogP contribution in [-0.4, -0.2) is 26.6 Å². The molecule has 0 fully saturated rings. The van der Waals surface area contributed by atoms with Crippen molar-refractivity contribution in [2.24, 2.45) is 0 Å². The van der Waals surface area contributed by atoms with E-state index in [1.165, 1.54) is 4.31 Å². The van der Waals surface area contributed by atoms with Crippen LogP contribution in [0.1, 0.15) is 37.0 Å². The summed E-state index contributed by atoms with van der Waals surface area (Å²) < 4.78 is 26.5. The highest BCUT2D eigenvalue weighted by Gasteiger charge is 2.32. The van der Waals surface area contributed by atoms with Crippen LogP contribution in [0.4, 0.5) is 11.4 Å². The van der Waals surface area contributed by atoms with Gasteiger partial charge in [0, 0.05) is 5.69 Å². The predicted octanol–water partition coefficient (Wildman–Crippen LogP) is 4.05. The summed E-state index contributed by atoms with van der Waals surface area (Å²) in [6, 6.07) is 12.4. The fourth-order valence-corrected chi connectivity index (χ4v) is 4.42. The van der Waals surface area contributed by atoms with Gasteiger partial charge in [-0.05, 0) is 55.5 Å². The van der Waals surface area contributed by atoms with E-state index in [1.807, 2.05) is 70.2 Å². The van der Waals surface area contributed by atoms with E-state index in [0.717, 1.165) is 35.1 Å². The molecule has 0 saturated carbocycles. The highest BCUT2D eigenvalue weighted by molar-refractivity contribution is 7.92. The highest BCUT2D eigenvalue weighted by Crippen LogP contribution is 2.28. The number of hydrogen-bond donors (Lipinski definition) is 1. The maximum atomic E-state index is 13.1. The van der Waals surface area contributed by atoms with E-state index in [2.05, 4.69) is 5.32 Å². The Balaban J connectivity index is 2.46. The van der Waals surface area contributed by atoms with E-state index in [9.17, 15) is 13.2 Å². The van der Waals surface area contributed by atoms with Gasteiger partial charge in [-0.1, -0.05) is 44.2 Å². The zero-order valence-corrected chi connectivity index (χ0v) is 17.4. The van der Waals surface area contributed by atoms with E-state index in [-0.39, 0.29) is 5.91 Å². The minimum absolute atomic E-state index is 0.329. The molecule has 0 heterocycles. The molecule has 0 aliphatic heterocycles. The topological polar surface area (TPSA) is 66.5 Å². The third kappa shape index (κ3) is 4.89. The first-order valence-electron chi connectivity index (χ1n) is 9.14. The van der Waals surface area contributed by atoms with Crippen LogP contribution >= 0.6 is 0 Å². The van der Waals surface area contributed by atoms with Gasteiger partial charge in [0.2, 0.25) is 15.9 Å². The number of benzene rings is 2. The predicted molar refractivity (Wildman–Crippen MR) is 112 cm³/mol. The number of amides is 1. The molecule has 27 heavy (non-hydrogen) atoms. The van der Waals surface area contributed by atoms with Gasteiger partial charge in [-0.2, -0.15) is 0 Å². The second-order valence-corrected chi connectivity index (χ2v) is 8.63. The molecule has 1 amide bonds. The molecule has 2 aromatic carbocycles. The lowest BCUT2D eigenvalue weighted by Gasteiger charge is -2.31. The van der Waals surface area contributed by atoms with Crippen LogP contribution in [0, 0.1) is 13.8 Å². The molecule has 0 radical (unpaired) electrons. The molecule has 1 N–H and O–H groups in total. The Hall–Kier alpha value is -2.34. The van der Waals surface area contributed by atoms with Crippen molar-refractivity contribution in [2.45, 2.75) is 46.6 Å². The van der Waals surface area contributed by atoms with Gasteiger partial charge >= 0.3 is 0 Å². The monoisotopic (exact) mass is 388 g/mol. The Bertz CT molecular complexity index is 923. The van der Waals surface area contributed by atoms with Crippen molar-refractivity contribution < 1.29 is 13.2 Å². The number of nitrogens with one attached hydrogen (secondary N) is 1. The summed E-state index contributed by atoms with van der Waals surface area (Å²) in [6.07, 6.45) is 2.28. The largest absolute Gasteiger partial charge is 0.324 e. The van der Waals surface area contributed by atoms with Crippen molar-refractivity contribution in [1.82, 2.24) is 0 Å². The van der Waals surface area contributed by atoms with Gasteiger partial charge in [0.05, 0.1) is 11.9 Å². The van der Waals surface area contributed by atoms with Gasteiger partial charge in [-0.25, -0.2) is 8.42 Å². The van der Waals surface area contributed by atoms with E-state index in [4.69, 9.17) is 0 Å². The van der Waals surface area contributed by atoms with Crippen LogP contribution in [0.25, 0.3) is 0 Å². The Morgan fingerprint density at radius 3 is 2.37 bits per heavy atom. The Morgan fingerprint density at radius 2 is 1.78 bits per heavy atom. The molecule has 0 aliphatic carbocycles. The molecule has 5 nitrogen and oxygen atoms in total. The highest BCUT2D eigenvalue weighted by atomic mass is 32.2. The SMILES string of the molecule is CCc1ccccc1NC(=O)[C@H](CC)N(c1cc(C)ccc1C)S(C)(=O)=O. The van der Waals surface area contributed by atoms with E-state index >= 15 is 0 Å². The number of aryl methyl sites for hydroxylation is 3. The lowest BCUT2D eigenvalue weighted by Crippen LogP contribution is -2.47. The molecular formula is C21H28N2O3S. The summed E-state index contributed by atoms with van der Waals surface area (Å²) in [5, 5.41) is 2.92. The molecule has 0 aliphatic rings. The Morgan fingerprint density at radius 1 is 1.11 bits per heavy atom. The third-order valence-corrected chi connectivity index (χ3v) is 5.75. The molecule has 146 valence electrons. The number of sulfonamides is 1. The molecule has 0 unspecified atom stereocenters. The molecule has 0 aromatic heterocycles. The first kappa shape index (κ1) is 21.0. The van der Waals surface area contributed by atoms with Crippen LogP contribution < -0.4 is 9.62 Å². The van der Waals surface area contributed by atoms with Crippen LogP contribution in [0.3, 0.4) is 0 Å². The molecule has 0 bridgehead atoms. The lowest BCUT2D eigenvalue weighted by molar-refractivity contribution is -0.117. The number of para-hydroxylation sites is 1. The molecule has 1 atom stereocenters. The van der Waals surface area contributed by atoms with E-state index in [1.54, 1.807) is 0 Å². The number of hydrogen-bond acceptors (Lipinski definition) is 3. The smallest absolute Gasteiger partial charge is 0.248 e. The second-order valence-electron chi connectivity index (χ2n) is 6.77. The average molecular weight is 389 g/mol. The zero-order valence-electron chi connectivity index (χ0n) is 16.6. The van der Waals surface area contributed by atoms with Crippen molar-refractivity contribution in [3.63, 3.8) is 0 Å². The van der Waals surface area contributed by atoms with Gasteiger partial charge in [0.15, 0.2) is 0 Å². The fourth-order valence-electron chi connectivity index (χ4n) is 3.16. The molecule has 2 aromatic rings. The minimum atomic E-state index is -3.65. The maximum Gasteiger partial charge on any atom is 0.248 e. The molecule has 2 rings (SSSR count). The van der Waals surface area contributed by atoms with Crippen molar-refractivity contribution in [3.05, 3.63) is 59.2 Å². The summed E-state index contributed by atoms with van der Waals surface area (Å²) in [5.74, 6) is -0.329. The van der Waals surface area contributed by atoms with Crippen LogP contribution in [0.2, 0.25) is 0 Å². The minimum Gasteiger partial charge on any atom is -0.324 e. The second kappa shape index (κ2) is 8.57. The first-order valence-corrected chi connectivity index (χ1v) is 11.0. The van der Waals surface area contributed by atoms with Gasteiger partial charge in [-0.15, -0.1) is 0 Å². The number of anilines is 2. The van der Waals surface area contributed by atoms with Gasteiger partial charge in [0.25, 0.3) is 0 Å². The summed E-state index contributed by atoms with van der Waals surface area (Å²) in [6.45, 7) is 7.59. The summed E-state index contributed by atoms with van der Waals surface area (Å²) in [4.78, 5) is 13.1. The molecule has 0 spiro atoms. The first-order chi connectivity index (χ1) is 12.7. The van der Waals surface area contributed by atoms with Crippen molar-refractivity contribution in [3.8, 4) is 0 Å². The number of rotatable bonds is 7. The maximum absolute atomic E-state index is 13.1. The quantitative estimate of drug-likeness (QED) is 0.778. The van der Waals surface area contributed by atoms with Crippen LogP contribution in [0.5, 0.6) is 0 Å². The standard InChI is InChI=1S/C21H28N2O3S/c1-6-17-10-8-9-11-18(17)22-21(24)19(7-2)23(27(5,25)26)20-14-15(3)12-13-16(20)4/h8-14,19H,6-7H2,1-5H3,(H,22,24)/t19-/m0/s1. The van der Waals surface area contributed by atoms with Gasteiger partial charge in [0.1, 0.15) is 6.04 Å². The normalized spacial score (nSPS) is 12.5. The van der Waals surface area contributed by atoms with Gasteiger partial charge < -0.3 is 5.32 Å². The molecule has 6 heteroatoms. The van der Waals surface area contributed by atoms with Crippen molar-refractivity contribution in [2.75, 3.05) is 15.9 Å². The number of carbonyl (C=O) groups excluding carboxylic acids is 1. The summed E-state index contributed by atoms with van der Waals surface area (Å²) in [5.41, 5.74) is 4.03. The lowest BCUT2D eigenvalue weighted by atomic mass is 10.1. The van der Waals surface area contributed by atoms with Crippen molar-refractivity contribution in [1.29, 1.82) is 0 Å². The van der Waals surface area contributed by atoms with Crippen LogP contribution in [-0.2, 0) is 21.2 Å². The van der Waals surface area contributed by atoms with Gasteiger partial charge in [-0.3, -0.25) is 9.10 Å². The third-order valence-electron chi connectivity index (χ3n) is 4.59. The number of nitrogens with zero attached hydrogens (tertiary/aromatic N) is 1. The van der Waals surface area contributed by atoms with E-state index < -0.39 is 16.1 Å². The van der Waals surface area contributed by atoms with Crippen LogP contribution in [0.15, 0.2) is 42.5 Å². The Labute approximate surface area is 162 Å². The number of carbonyl (C=O) groups is 1. The summed E-state index contributed by atoms with van der Waals surface area (Å²) >= 11 is 0. The summed E-state index contributed by atoms with van der Waals surface area (Å²) in [7, 11) is -3.65. The molecule has 0 saturated heterocycles. The van der Waals surface area contributed by atoms with Crippen molar-refractivity contribution >= 4 is 27.3 Å². The zero-order chi connectivity index (χ0) is 20.2. The fraction of sp³-hybridized carbons (Fsp3) is 0.381. The molecular weight excluding hydrogens is 360 g/mol.